The molecular formula is C8H19NO3S. The largest absolute Gasteiger partial charge is 0.380 e. The van der Waals surface area contributed by atoms with Crippen molar-refractivity contribution in [2.45, 2.75) is 26.4 Å². The number of ether oxygens (including phenoxy) is 1. The smallest absolute Gasteiger partial charge is 0.211 e. The maximum absolute atomic E-state index is 11.2. The van der Waals surface area contributed by atoms with E-state index in [1.165, 1.54) is 10.6 Å². The van der Waals surface area contributed by atoms with Crippen LogP contribution in [0.5, 0.6) is 0 Å². The van der Waals surface area contributed by atoms with Gasteiger partial charge in [0, 0.05) is 20.2 Å². The number of sulfonamides is 1. The third-order valence-corrected chi connectivity index (χ3v) is 3.36. The van der Waals surface area contributed by atoms with Gasteiger partial charge in [0.1, 0.15) is 0 Å². The topological polar surface area (TPSA) is 46.6 Å². The summed E-state index contributed by atoms with van der Waals surface area (Å²) in [5.74, 6) is 0. The Morgan fingerprint density at radius 2 is 1.92 bits per heavy atom. The zero-order valence-corrected chi connectivity index (χ0v) is 9.60. The van der Waals surface area contributed by atoms with E-state index in [-0.39, 0.29) is 6.10 Å². The van der Waals surface area contributed by atoms with Gasteiger partial charge in [-0.25, -0.2) is 8.42 Å². The highest BCUT2D eigenvalue weighted by atomic mass is 32.2. The first kappa shape index (κ1) is 12.9. The fourth-order valence-electron chi connectivity index (χ4n) is 1.10. The van der Waals surface area contributed by atoms with E-state index < -0.39 is 10.0 Å². The molecule has 0 aliphatic heterocycles. The van der Waals surface area contributed by atoms with Crippen LogP contribution in [0.15, 0.2) is 0 Å². The van der Waals surface area contributed by atoms with Crippen molar-refractivity contribution < 1.29 is 13.2 Å². The van der Waals surface area contributed by atoms with Crippen LogP contribution in [0.4, 0.5) is 0 Å². The first-order valence-corrected chi connectivity index (χ1v) is 6.28. The maximum atomic E-state index is 11.2. The van der Waals surface area contributed by atoms with Gasteiger partial charge in [0.05, 0.1) is 12.4 Å². The van der Waals surface area contributed by atoms with Crippen LogP contribution < -0.4 is 0 Å². The molecule has 0 rings (SSSR count). The molecule has 5 heteroatoms. The average Bonchev–Trinajstić information content (AvgIpc) is 2.04. The molecule has 0 amide bonds. The second-order valence-corrected chi connectivity index (χ2v) is 4.96. The number of likely N-dealkylation sites (N-methyl/N-ethyl adjacent to an activating group) is 1. The quantitative estimate of drug-likeness (QED) is 0.646. The Kier molecular flexibility index (Phi) is 5.51. The summed E-state index contributed by atoms with van der Waals surface area (Å²) in [7, 11) is -1.48. The second-order valence-electron chi connectivity index (χ2n) is 2.98. The van der Waals surface area contributed by atoms with Crippen molar-refractivity contribution in [2.75, 3.05) is 26.5 Å². The summed E-state index contributed by atoms with van der Waals surface area (Å²) in [6.07, 6.45) is 2.04. The third kappa shape index (κ3) is 4.59. The van der Waals surface area contributed by atoms with Gasteiger partial charge < -0.3 is 4.74 Å². The van der Waals surface area contributed by atoms with Crippen molar-refractivity contribution in [1.29, 1.82) is 0 Å². The van der Waals surface area contributed by atoms with Crippen LogP contribution in [-0.2, 0) is 14.8 Å². The predicted molar refractivity (Wildman–Crippen MR) is 53.2 cm³/mol. The van der Waals surface area contributed by atoms with E-state index in [0.717, 1.165) is 6.42 Å². The van der Waals surface area contributed by atoms with Gasteiger partial charge in [0.2, 0.25) is 10.0 Å². The Morgan fingerprint density at radius 1 is 1.38 bits per heavy atom. The van der Waals surface area contributed by atoms with Crippen molar-refractivity contribution >= 4 is 10.0 Å². The summed E-state index contributed by atoms with van der Waals surface area (Å²) in [5.41, 5.74) is 0. The van der Waals surface area contributed by atoms with Gasteiger partial charge in [-0.15, -0.1) is 0 Å². The molecule has 0 fully saturated rings. The highest BCUT2D eigenvalue weighted by molar-refractivity contribution is 7.88. The molecule has 0 aliphatic carbocycles. The van der Waals surface area contributed by atoms with E-state index >= 15 is 0 Å². The fourth-order valence-corrected chi connectivity index (χ4v) is 2.00. The zero-order valence-electron chi connectivity index (χ0n) is 8.78. The normalized spacial score (nSPS) is 14.8. The third-order valence-electron chi connectivity index (χ3n) is 2.02. The molecule has 0 N–H and O–H groups in total. The predicted octanol–water partition coefficient (Wildman–Crippen LogP) is 0.693. The molecule has 0 saturated heterocycles. The van der Waals surface area contributed by atoms with Crippen molar-refractivity contribution in [1.82, 2.24) is 4.31 Å². The van der Waals surface area contributed by atoms with Crippen molar-refractivity contribution in [3.8, 4) is 0 Å². The molecule has 13 heavy (non-hydrogen) atoms. The molecule has 0 bridgehead atoms. The SMILES string of the molecule is CC[C@@H](CN(CC)S(C)(=O)=O)OC. The van der Waals surface area contributed by atoms with Gasteiger partial charge in [-0.05, 0) is 6.42 Å². The van der Waals surface area contributed by atoms with E-state index in [1.54, 1.807) is 7.11 Å². The second kappa shape index (κ2) is 5.57. The molecule has 0 unspecified atom stereocenters. The van der Waals surface area contributed by atoms with Gasteiger partial charge in [0.25, 0.3) is 0 Å². The van der Waals surface area contributed by atoms with Crippen LogP contribution in [0.2, 0.25) is 0 Å². The Morgan fingerprint density at radius 3 is 2.15 bits per heavy atom. The number of rotatable bonds is 6. The molecule has 0 aromatic heterocycles. The van der Waals surface area contributed by atoms with Gasteiger partial charge in [-0.3, -0.25) is 0 Å². The molecule has 0 aromatic rings. The Hall–Kier alpha value is -0.130. The van der Waals surface area contributed by atoms with E-state index in [9.17, 15) is 8.42 Å². The summed E-state index contributed by atoms with van der Waals surface area (Å²) in [5, 5.41) is 0. The summed E-state index contributed by atoms with van der Waals surface area (Å²) < 4.78 is 28.9. The standard InChI is InChI=1S/C8H19NO3S/c1-5-8(12-3)7-9(6-2)13(4,10)11/h8H,5-7H2,1-4H3/t8-/m0/s1. The highest BCUT2D eigenvalue weighted by Gasteiger charge is 2.18. The summed E-state index contributed by atoms with van der Waals surface area (Å²) in [4.78, 5) is 0. The molecular weight excluding hydrogens is 190 g/mol. The molecule has 4 nitrogen and oxygen atoms in total. The molecule has 80 valence electrons. The number of hydrogen-bond acceptors (Lipinski definition) is 3. The minimum absolute atomic E-state index is 0.00493. The van der Waals surface area contributed by atoms with Crippen LogP contribution in [0.1, 0.15) is 20.3 Å². The fraction of sp³-hybridized carbons (Fsp3) is 1.00. The van der Waals surface area contributed by atoms with Crippen LogP contribution in [-0.4, -0.2) is 45.3 Å². The lowest BCUT2D eigenvalue weighted by Gasteiger charge is -2.22. The lowest BCUT2D eigenvalue weighted by Crippen LogP contribution is -2.37. The van der Waals surface area contributed by atoms with Crippen molar-refractivity contribution in [2.24, 2.45) is 0 Å². The van der Waals surface area contributed by atoms with Gasteiger partial charge in [-0.2, -0.15) is 4.31 Å². The first-order chi connectivity index (χ1) is 5.95. The maximum Gasteiger partial charge on any atom is 0.211 e. The van der Waals surface area contributed by atoms with Crippen molar-refractivity contribution in [3.05, 3.63) is 0 Å². The van der Waals surface area contributed by atoms with Crippen LogP contribution >= 0.6 is 0 Å². The van der Waals surface area contributed by atoms with Gasteiger partial charge in [-0.1, -0.05) is 13.8 Å². The molecule has 1 atom stereocenters. The van der Waals surface area contributed by atoms with E-state index in [1.807, 2.05) is 13.8 Å². The molecule has 0 heterocycles. The number of methoxy groups -OCH3 is 1. The minimum atomic E-state index is -3.08. The molecule has 0 saturated carbocycles. The molecule has 0 spiro atoms. The Labute approximate surface area is 80.9 Å². The summed E-state index contributed by atoms with van der Waals surface area (Å²) in [6, 6.07) is 0. The van der Waals surface area contributed by atoms with Crippen molar-refractivity contribution in [3.63, 3.8) is 0 Å². The first-order valence-electron chi connectivity index (χ1n) is 4.43. The van der Waals surface area contributed by atoms with Crippen LogP contribution in [0.3, 0.4) is 0 Å². The van der Waals surface area contributed by atoms with Gasteiger partial charge in [0.15, 0.2) is 0 Å². The van der Waals surface area contributed by atoms with E-state index in [0.29, 0.717) is 13.1 Å². The summed E-state index contributed by atoms with van der Waals surface area (Å²) >= 11 is 0. The average molecular weight is 209 g/mol. The Bertz CT molecular complexity index is 222. The van der Waals surface area contributed by atoms with Gasteiger partial charge >= 0.3 is 0 Å². The van der Waals surface area contributed by atoms with E-state index in [4.69, 9.17) is 4.74 Å². The lowest BCUT2D eigenvalue weighted by molar-refractivity contribution is 0.0829. The zero-order chi connectivity index (χ0) is 10.5. The lowest BCUT2D eigenvalue weighted by atomic mass is 10.3. The highest BCUT2D eigenvalue weighted by Crippen LogP contribution is 2.04. The van der Waals surface area contributed by atoms with E-state index in [2.05, 4.69) is 0 Å². The molecule has 0 radical (unpaired) electrons. The number of hydrogen-bond donors (Lipinski definition) is 0. The molecule has 0 aliphatic rings. The molecule has 0 aromatic carbocycles. The monoisotopic (exact) mass is 209 g/mol. The summed E-state index contributed by atoms with van der Waals surface area (Å²) in [6.45, 7) is 4.74. The van der Waals surface area contributed by atoms with Crippen LogP contribution in [0, 0.1) is 0 Å². The Balaban J connectivity index is 4.29. The van der Waals surface area contributed by atoms with Crippen LogP contribution in [0.25, 0.3) is 0 Å². The minimum Gasteiger partial charge on any atom is -0.380 e. The number of nitrogens with zero attached hydrogens (tertiary/aromatic N) is 1.